The molecule has 0 fully saturated rings. The van der Waals surface area contributed by atoms with Gasteiger partial charge in [-0.15, -0.1) is 0 Å². The molecular formula is C12H20ClN3. The largest absolute Gasteiger partial charge is 0.382 e. The third-order valence-corrected chi connectivity index (χ3v) is 3.58. The Kier molecular flexibility index (Phi) is 4.56. The molecule has 90 valence electrons. The van der Waals surface area contributed by atoms with Gasteiger partial charge < -0.3 is 11.1 Å². The van der Waals surface area contributed by atoms with Crippen molar-refractivity contribution in [1.82, 2.24) is 4.98 Å². The Morgan fingerprint density at radius 3 is 2.62 bits per heavy atom. The summed E-state index contributed by atoms with van der Waals surface area (Å²) < 4.78 is 0. The predicted octanol–water partition coefficient (Wildman–Crippen LogP) is 2.97. The molecule has 0 aliphatic carbocycles. The average Bonchev–Trinajstić information content (AvgIpc) is 2.31. The first-order valence-electron chi connectivity index (χ1n) is 5.66. The van der Waals surface area contributed by atoms with Gasteiger partial charge in [-0.05, 0) is 25.8 Å². The fourth-order valence-corrected chi connectivity index (χ4v) is 1.63. The van der Waals surface area contributed by atoms with E-state index in [2.05, 4.69) is 24.1 Å². The zero-order valence-electron chi connectivity index (χ0n) is 10.2. The van der Waals surface area contributed by atoms with Gasteiger partial charge in [-0.25, -0.2) is 0 Å². The summed E-state index contributed by atoms with van der Waals surface area (Å²) in [5.41, 5.74) is 7.79. The molecule has 1 aromatic heterocycles. The lowest BCUT2D eigenvalue weighted by Crippen LogP contribution is -2.45. The summed E-state index contributed by atoms with van der Waals surface area (Å²) >= 11 is 6.14. The van der Waals surface area contributed by atoms with Crippen LogP contribution in [-0.2, 0) is 0 Å². The van der Waals surface area contributed by atoms with Gasteiger partial charge in [-0.2, -0.15) is 0 Å². The maximum atomic E-state index is 6.21. The van der Waals surface area contributed by atoms with Crippen LogP contribution in [0.2, 0.25) is 5.02 Å². The summed E-state index contributed by atoms with van der Waals surface area (Å²) in [5, 5.41) is 3.98. The van der Waals surface area contributed by atoms with Gasteiger partial charge in [-0.3, -0.25) is 4.98 Å². The van der Waals surface area contributed by atoms with E-state index in [4.69, 9.17) is 17.3 Å². The standard InChI is InChI=1S/C12H20ClN3/c1-4-12(14,5-2)8-16-10-6-7-15-9(3)11(10)13/h6-7H,4-5,8,14H2,1-3H3,(H,15,16). The number of aromatic nitrogens is 1. The lowest BCUT2D eigenvalue weighted by Gasteiger charge is -2.27. The van der Waals surface area contributed by atoms with E-state index < -0.39 is 0 Å². The van der Waals surface area contributed by atoms with E-state index >= 15 is 0 Å². The van der Waals surface area contributed by atoms with E-state index in [1.54, 1.807) is 6.20 Å². The molecule has 0 atom stereocenters. The van der Waals surface area contributed by atoms with Crippen LogP contribution in [0.5, 0.6) is 0 Å². The van der Waals surface area contributed by atoms with E-state index in [1.165, 1.54) is 0 Å². The summed E-state index contributed by atoms with van der Waals surface area (Å²) in [6, 6.07) is 1.88. The Morgan fingerprint density at radius 2 is 2.06 bits per heavy atom. The highest BCUT2D eigenvalue weighted by atomic mass is 35.5. The van der Waals surface area contributed by atoms with E-state index in [9.17, 15) is 0 Å². The lowest BCUT2D eigenvalue weighted by molar-refractivity contribution is 0.418. The molecule has 0 unspecified atom stereocenters. The third kappa shape index (κ3) is 3.09. The van der Waals surface area contributed by atoms with Crippen molar-refractivity contribution in [3.05, 3.63) is 23.0 Å². The van der Waals surface area contributed by atoms with E-state index in [0.29, 0.717) is 5.02 Å². The summed E-state index contributed by atoms with van der Waals surface area (Å²) in [7, 11) is 0. The molecule has 0 aliphatic heterocycles. The van der Waals surface area contributed by atoms with Crippen LogP contribution >= 0.6 is 11.6 Å². The summed E-state index contributed by atoms with van der Waals surface area (Å²) in [6.07, 6.45) is 3.63. The van der Waals surface area contributed by atoms with E-state index in [0.717, 1.165) is 30.8 Å². The molecule has 0 amide bonds. The van der Waals surface area contributed by atoms with Crippen LogP contribution in [0.3, 0.4) is 0 Å². The van der Waals surface area contributed by atoms with Gasteiger partial charge in [0.15, 0.2) is 0 Å². The topological polar surface area (TPSA) is 50.9 Å². The first-order valence-corrected chi connectivity index (χ1v) is 6.04. The monoisotopic (exact) mass is 241 g/mol. The Labute approximate surface area is 102 Å². The average molecular weight is 242 g/mol. The highest BCUT2D eigenvalue weighted by Crippen LogP contribution is 2.24. The van der Waals surface area contributed by atoms with Crippen LogP contribution in [0, 0.1) is 6.92 Å². The number of hydrogen-bond acceptors (Lipinski definition) is 3. The second-order valence-corrected chi connectivity index (χ2v) is 4.56. The molecule has 1 rings (SSSR count). The Hall–Kier alpha value is -0.800. The number of pyridine rings is 1. The van der Waals surface area contributed by atoms with Gasteiger partial charge in [0.1, 0.15) is 0 Å². The molecule has 0 bridgehead atoms. The molecule has 0 radical (unpaired) electrons. The van der Waals surface area contributed by atoms with Crippen LogP contribution in [0.15, 0.2) is 12.3 Å². The van der Waals surface area contributed by atoms with Crippen molar-refractivity contribution in [2.75, 3.05) is 11.9 Å². The zero-order chi connectivity index (χ0) is 12.2. The molecule has 1 heterocycles. The summed E-state index contributed by atoms with van der Waals surface area (Å²) in [5.74, 6) is 0. The molecule has 0 aromatic carbocycles. The van der Waals surface area contributed by atoms with Crippen molar-refractivity contribution in [2.24, 2.45) is 5.73 Å². The maximum Gasteiger partial charge on any atom is 0.0849 e. The quantitative estimate of drug-likeness (QED) is 0.833. The first-order chi connectivity index (χ1) is 7.52. The Bertz CT molecular complexity index is 348. The minimum Gasteiger partial charge on any atom is -0.382 e. The second-order valence-electron chi connectivity index (χ2n) is 4.18. The number of rotatable bonds is 5. The SMILES string of the molecule is CCC(N)(CC)CNc1ccnc(C)c1Cl. The van der Waals surface area contributed by atoms with Crippen molar-refractivity contribution in [3.8, 4) is 0 Å². The van der Waals surface area contributed by atoms with Gasteiger partial charge in [0.25, 0.3) is 0 Å². The molecule has 3 N–H and O–H groups in total. The van der Waals surface area contributed by atoms with Crippen molar-refractivity contribution >= 4 is 17.3 Å². The predicted molar refractivity (Wildman–Crippen MR) is 70.0 cm³/mol. The van der Waals surface area contributed by atoms with E-state index in [1.807, 2.05) is 13.0 Å². The van der Waals surface area contributed by atoms with E-state index in [-0.39, 0.29) is 5.54 Å². The zero-order valence-corrected chi connectivity index (χ0v) is 10.9. The molecule has 0 saturated heterocycles. The van der Waals surface area contributed by atoms with Gasteiger partial charge in [0.05, 0.1) is 16.4 Å². The Balaban J connectivity index is 2.71. The lowest BCUT2D eigenvalue weighted by atomic mass is 9.94. The van der Waals surface area contributed by atoms with Crippen LogP contribution < -0.4 is 11.1 Å². The molecule has 0 saturated carbocycles. The van der Waals surface area contributed by atoms with Crippen LogP contribution in [0.25, 0.3) is 0 Å². The highest BCUT2D eigenvalue weighted by molar-refractivity contribution is 6.33. The summed E-state index contributed by atoms with van der Waals surface area (Å²) in [6.45, 7) is 6.82. The molecular weight excluding hydrogens is 222 g/mol. The number of nitrogens with zero attached hydrogens (tertiary/aromatic N) is 1. The molecule has 0 aliphatic rings. The fraction of sp³-hybridized carbons (Fsp3) is 0.583. The minimum absolute atomic E-state index is 0.166. The van der Waals surface area contributed by atoms with Crippen LogP contribution in [-0.4, -0.2) is 17.1 Å². The Morgan fingerprint density at radius 1 is 1.44 bits per heavy atom. The van der Waals surface area contributed by atoms with Crippen molar-refractivity contribution in [2.45, 2.75) is 39.2 Å². The molecule has 3 nitrogen and oxygen atoms in total. The minimum atomic E-state index is -0.166. The number of anilines is 1. The van der Waals surface area contributed by atoms with Crippen molar-refractivity contribution in [1.29, 1.82) is 0 Å². The van der Waals surface area contributed by atoms with Gasteiger partial charge in [0, 0.05) is 18.3 Å². The molecule has 16 heavy (non-hydrogen) atoms. The molecule has 4 heteroatoms. The van der Waals surface area contributed by atoms with Crippen LogP contribution in [0.4, 0.5) is 5.69 Å². The normalized spacial score (nSPS) is 11.6. The summed E-state index contributed by atoms with van der Waals surface area (Å²) in [4.78, 5) is 4.12. The van der Waals surface area contributed by atoms with Crippen LogP contribution in [0.1, 0.15) is 32.4 Å². The maximum absolute atomic E-state index is 6.21. The molecule has 0 spiro atoms. The first kappa shape index (κ1) is 13.3. The number of nitrogens with one attached hydrogen (secondary N) is 1. The smallest absolute Gasteiger partial charge is 0.0849 e. The fourth-order valence-electron chi connectivity index (χ4n) is 1.46. The van der Waals surface area contributed by atoms with Gasteiger partial charge in [0.2, 0.25) is 0 Å². The third-order valence-electron chi connectivity index (χ3n) is 3.10. The number of aryl methyl sites for hydroxylation is 1. The van der Waals surface area contributed by atoms with Crippen molar-refractivity contribution in [3.63, 3.8) is 0 Å². The number of hydrogen-bond donors (Lipinski definition) is 2. The van der Waals surface area contributed by atoms with Gasteiger partial charge >= 0.3 is 0 Å². The molecule has 1 aromatic rings. The second kappa shape index (κ2) is 5.51. The van der Waals surface area contributed by atoms with Crippen molar-refractivity contribution < 1.29 is 0 Å². The number of nitrogens with two attached hydrogens (primary N) is 1. The van der Waals surface area contributed by atoms with Gasteiger partial charge in [-0.1, -0.05) is 25.4 Å². The number of halogens is 1. The highest BCUT2D eigenvalue weighted by Gasteiger charge is 2.20.